The van der Waals surface area contributed by atoms with Crippen LogP contribution in [0.5, 0.6) is 5.88 Å². The van der Waals surface area contributed by atoms with Gasteiger partial charge in [0.1, 0.15) is 21.8 Å². The standard InChI is InChI=1S/C22H33N7O5S/c1-5-8-17-18(19(20(23)30)27(4)26-17)25-21(31)16-13-15(14-24-22(16)34-7-3)35(32,33)29-11-9-28(6-2)10-12-29/h13-14H,5-12H2,1-4H3,(H3,23,25,30,31)/p+1. The van der Waals surface area contributed by atoms with Gasteiger partial charge in [0.2, 0.25) is 15.9 Å². The predicted molar refractivity (Wildman–Crippen MR) is 129 cm³/mol. The zero-order valence-corrected chi connectivity index (χ0v) is 21.4. The third-order valence-electron chi connectivity index (χ3n) is 5.92. The fraction of sp³-hybridized carbons (Fsp3) is 0.545. The minimum atomic E-state index is -3.86. The van der Waals surface area contributed by atoms with Crippen LogP contribution in [0.4, 0.5) is 5.69 Å². The second-order valence-electron chi connectivity index (χ2n) is 8.24. The lowest BCUT2D eigenvalue weighted by Gasteiger charge is -2.33. The van der Waals surface area contributed by atoms with E-state index < -0.39 is 21.8 Å². The van der Waals surface area contributed by atoms with Crippen LogP contribution < -0.4 is 20.5 Å². The Hall–Kier alpha value is -3.03. The molecule has 1 fully saturated rings. The van der Waals surface area contributed by atoms with Gasteiger partial charge in [-0.15, -0.1) is 4.68 Å². The summed E-state index contributed by atoms with van der Waals surface area (Å²) in [4.78, 5) is 31.6. The molecule has 0 bridgehead atoms. The van der Waals surface area contributed by atoms with E-state index in [0.717, 1.165) is 13.0 Å². The molecule has 0 spiro atoms. The average Bonchev–Trinajstić information content (AvgIpc) is 3.14. The quantitative estimate of drug-likeness (QED) is 0.389. The van der Waals surface area contributed by atoms with Crippen molar-refractivity contribution in [1.82, 2.24) is 19.3 Å². The number of hydrogen-bond acceptors (Lipinski definition) is 7. The number of likely N-dealkylation sites (N-methyl/N-ethyl adjacent to an activating group) is 1. The van der Waals surface area contributed by atoms with Gasteiger partial charge in [0.05, 0.1) is 12.8 Å². The topological polar surface area (TPSA) is 155 Å². The van der Waals surface area contributed by atoms with Gasteiger partial charge >= 0.3 is 11.6 Å². The summed E-state index contributed by atoms with van der Waals surface area (Å²) in [6.07, 6.45) is 2.52. The Morgan fingerprint density at radius 2 is 1.91 bits per heavy atom. The Kier molecular flexibility index (Phi) is 8.46. The van der Waals surface area contributed by atoms with Gasteiger partial charge in [-0.2, -0.15) is 9.40 Å². The smallest absolute Gasteiger partial charge is 0.318 e. The van der Waals surface area contributed by atoms with Crippen molar-refractivity contribution >= 4 is 27.5 Å². The van der Waals surface area contributed by atoms with Gasteiger partial charge in [-0.05, 0) is 26.0 Å². The molecule has 0 aliphatic carbocycles. The van der Waals surface area contributed by atoms with E-state index in [4.69, 9.17) is 10.5 Å². The largest absolute Gasteiger partial charge is 0.477 e. The lowest BCUT2D eigenvalue weighted by atomic mass is 10.1. The number of piperazine rings is 1. The summed E-state index contributed by atoms with van der Waals surface area (Å²) in [5.41, 5.74) is 6.47. The molecule has 35 heavy (non-hydrogen) atoms. The SMILES string of the molecule is CCCc1[nH][n+](C)c(C(N)=O)c1NC(=O)c1cc(S(=O)(=O)N2CCN(CC)CC2)cnc1OCC. The van der Waals surface area contributed by atoms with Crippen molar-refractivity contribution in [1.29, 1.82) is 0 Å². The molecule has 4 N–H and O–H groups in total. The van der Waals surface area contributed by atoms with Gasteiger partial charge in [0, 0.05) is 26.2 Å². The molecule has 0 radical (unpaired) electrons. The Bertz CT molecular complexity index is 1190. The van der Waals surface area contributed by atoms with E-state index in [1.54, 1.807) is 14.0 Å². The van der Waals surface area contributed by atoms with Crippen LogP contribution in [0.3, 0.4) is 0 Å². The molecule has 12 nitrogen and oxygen atoms in total. The van der Waals surface area contributed by atoms with E-state index in [2.05, 4.69) is 20.3 Å². The number of hydrogen-bond donors (Lipinski definition) is 3. The third-order valence-corrected chi connectivity index (χ3v) is 7.78. The summed E-state index contributed by atoms with van der Waals surface area (Å²) in [6.45, 7) is 8.78. The number of primary amides is 1. The van der Waals surface area contributed by atoms with E-state index in [-0.39, 0.29) is 34.3 Å². The highest BCUT2D eigenvalue weighted by Crippen LogP contribution is 2.26. The molecule has 2 amide bonds. The van der Waals surface area contributed by atoms with Gasteiger partial charge in [0.25, 0.3) is 5.91 Å². The highest BCUT2D eigenvalue weighted by Gasteiger charge is 2.32. The summed E-state index contributed by atoms with van der Waals surface area (Å²) in [5, 5.41) is 5.75. The molecule has 3 heterocycles. The van der Waals surface area contributed by atoms with Crippen molar-refractivity contribution in [3.8, 4) is 5.88 Å². The van der Waals surface area contributed by atoms with Gasteiger partial charge in [-0.3, -0.25) is 9.59 Å². The Balaban J connectivity index is 1.98. The van der Waals surface area contributed by atoms with E-state index in [9.17, 15) is 18.0 Å². The average molecular weight is 509 g/mol. The summed E-state index contributed by atoms with van der Waals surface area (Å²) in [7, 11) is -2.25. The third kappa shape index (κ3) is 5.63. The van der Waals surface area contributed by atoms with Crippen molar-refractivity contribution in [3.63, 3.8) is 0 Å². The number of H-pyrrole nitrogens is 1. The zero-order valence-electron chi connectivity index (χ0n) is 20.6. The van der Waals surface area contributed by atoms with E-state index in [1.807, 2.05) is 13.8 Å². The number of rotatable bonds is 10. The lowest BCUT2D eigenvalue weighted by molar-refractivity contribution is -0.728. The molecular formula is C22H34N7O5S+. The summed E-state index contributed by atoms with van der Waals surface area (Å²) in [5.74, 6) is -1.38. The molecule has 2 aromatic rings. The van der Waals surface area contributed by atoms with Crippen LogP contribution in [0.15, 0.2) is 17.2 Å². The van der Waals surface area contributed by atoms with E-state index in [0.29, 0.717) is 38.3 Å². The molecule has 1 saturated heterocycles. The number of nitrogens with one attached hydrogen (secondary N) is 2. The van der Waals surface area contributed by atoms with Crippen LogP contribution in [-0.2, 0) is 23.5 Å². The lowest BCUT2D eigenvalue weighted by Crippen LogP contribution is -2.48. The normalized spacial score (nSPS) is 15.2. The second kappa shape index (κ2) is 11.1. The molecule has 192 valence electrons. The maximum Gasteiger partial charge on any atom is 0.318 e. The fourth-order valence-corrected chi connectivity index (χ4v) is 5.48. The number of sulfonamides is 1. The minimum Gasteiger partial charge on any atom is -0.477 e. The number of anilines is 1. The van der Waals surface area contributed by atoms with Crippen LogP contribution in [0.1, 0.15) is 53.7 Å². The first kappa shape index (κ1) is 26.6. The molecular weight excluding hydrogens is 474 g/mol. The van der Waals surface area contributed by atoms with Crippen molar-refractivity contribution < 1.29 is 27.4 Å². The van der Waals surface area contributed by atoms with E-state index in [1.165, 1.54) is 21.3 Å². The van der Waals surface area contributed by atoms with Gasteiger partial charge < -0.3 is 20.7 Å². The molecule has 3 rings (SSSR count). The highest BCUT2D eigenvalue weighted by molar-refractivity contribution is 7.89. The number of carbonyl (C=O) groups excluding carboxylic acids is 2. The number of nitrogens with two attached hydrogens (primary N) is 1. The molecule has 0 aromatic carbocycles. The highest BCUT2D eigenvalue weighted by atomic mass is 32.2. The van der Waals surface area contributed by atoms with Crippen LogP contribution in [0.25, 0.3) is 0 Å². The van der Waals surface area contributed by atoms with Crippen molar-refractivity contribution in [2.45, 2.75) is 38.5 Å². The van der Waals surface area contributed by atoms with Gasteiger partial charge in [-0.1, -0.05) is 20.3 Å². The second-order valence-corrected chi connectivity index (χ2v) is 10.2. The maximum absolute atomic E-state index is 13.4. The number of pyridine rings is 1. The first-order chi connectivity index (χ1) is 16.6. The van der Waals surface area contributed by atoms with Crippen molar-refractivity contribution in [3.05, 3.63) is 29.2 Å². The van der Waals surface area contributed by atoms with E-state index >= 15 is 0 Å². The molecule has 2 aromatic heterocycles. The minimum absolute atomic E-state index is 0.00247. The Labute approximate surface area is 205 Å². The summed E-state index contributed by atoms with van der Waals surface area (Å²) < 4.78 is 34.9. The van der Waals surface area contributed by atoms with Crippen molar-refractivity contribution in [2.24, 2.45) is 12.8 Å². The van der Waals surface area contributed by atoms with Crippen LogP contribution in [0, 0.1) is 0 Å². The summed E-state index contributed by atoms with van der Waals surface area (Å²) >= 11 is 0. The van der Waals surface area contributed by atoms with Gasteiger partial charge in [0.15, 0.2) is 7.05 Å². The molecule has 13 heteroatoms. The number of ether oxygens (including phenoxy) is 1. The molecule has 1 aliphatic heterocycles. The van der Waals surface area contributed by atoms with Crippen LogP contribution in [-0.4, -0.2) is 78.9 Å². The fourth-order valence-electron chi connectivity index (χ4n) is 4.08. The zero-order chi connectivity index (χ0) is 25.8. The number of nitrogens with zero attached hydrogens (tertiary/aromatic N) is 4. The number of aromatic nitrogens is 3. The molecule has 0 saturated carbocycles. The number of carbonyl (C=O) groups is 2. The van der Waals surface area contributed by atoms with Crippen LogP contribution >= 0.6 is 0 Å². The van der Waals surface area contributed by atoms with Crippen LogP contribution in [0.2, 0.25) is 0 Å². The number of aryl methyl sites for hydroxylation is 2. The molecule has 1 aliphatic rings. The molecule has 0 unspecified atom stereocenters. The Morgan fingerprint density at radius 1 is 1.23 bits per heavy atom. The predicted octanol–water partition coefficient (Wildman–Crippen LogP) is 0.263. The summed E-state index contributed by atoms with van der Waals surface area (Å²) in [6, 6.07) is 1.27. The van der Waals surface area contributed by atoms with Crippen molar-refractivity contribution in [2.75, 3.05) is 44.6 Å². The first-order valence-corrected chi connectivity index (χ1v) is 13.1. The first-order valence-electron chi connectivity index (χ1n) is 11.7. The van der Waals surface area contributed by atoms with Gasteiger partial charge in [-0.25, -0.2) is 13.4 Å². The Morgan fingerprint density at radius 3 is 2.49 bits per heavy atom. The monoisotopic (exact) mass is 508 g/mol. The number of amides is 2. The maximum atomic E-state index is 13.4. The number of aromatic amines is 1. The molecule has 0 atom stereocenters.